The van der Waals surface area contributed by atoms with E-state index in [1.807, 2.05) is 0 Å². The molecule has 2 heteroatoms. The van der Waals surface area contributed by atoms with Crippen molar-refractivity contribution < 1.29 is 9.53 Å². The molecule has 0 N–H and O–H groups in total. The number of Topliss-reactive ketones (excluding diaryl/α,β-unsaturated/α-hetero) is 1. The van der Waals surface area contributed by atoms with E-state index in [-0.39, 0.29) is 5.92 Å². The molecule has 1 aliphatic rings. The molecule has 1 saturated carbocycles. The van der Waals surface area contributed by atoms with Crippen LogP contribution in [0.25, 0.3) is 0 Å². The fourth-order valence-electron chi connectivity index (χ4n) is 3.87. The Morgan fingerprint density at radius 1 is 1.30 bits per heavy atom. The van der Waals surface area contributed by atoms with Crippen molar-refractivity contribution in [1.29, 1.82) is 0 Å². The minimum Gasteiger partial charge on any atom is -0.384 e. The summed E-state index contributed by atoms with van der Waals surface area (Å²) in [6.45, 7) is 7.47. The zero-order valence-electron chi connectivity index (χ0n) is 14.0. The monoisotopic (exact) mass is 282 g/mol. The third kappa shape index (κ3) is 5.20. The Morgan fingerprint density at radius 3 is 2.65 bits per heavy atom. The summed E-state index contributed by atoms with van der Waals surface area (Å²) in [5.41, 5.74) is 0. The first-order valence-corrected chi connectivity index (χ1v) is 8.65. The molecule has 20 heavy (non-hydrogen) atoms. The summed E-state index contributed by atoms with van der Waals surface area (Å²) in [4.78, 5) is 12.8. The lowest BCUT2D eigenvalue weighted by Crippen LogP contribution is -2.36. The van der Waals surface area contributed by atoms with Gasteiger partial charge in [0.2, 0.25) is 0 Å². The van der Waals surface area contributed by atoms with Crippen molar-refractivity contribution in [3.8, 4) is 0 Å². The van der Waals surface area contributed by atoms with Gasteiger partial charge in [-0.2, -0.15) is 0 Å². The van der Waals surface area contributed by atoms with Crippen LogP contribution in [0.1, 0.15) is 72.1 Å². The largest absolute Gasteiger partial charge is 0.384 e. The molecule has 1 fully saturated rings. The summed E-state index contributed by atoms with van der Waals surface area (Å²) in [5, 5.41) is 0. The van der Waals surface area contributed by atoms with Crippen LogP contribution < -0.4 is 0 Å². The summed E-state index contributed by atoms with van der Waals surface area (Å²) < 4.78 is 5.35. The molecule has 2 nitrogen and oxygen atoms in total. The van der Waals surface area contributed by atoms with Gasteiger partial charge < -0.3 is 4.74 Å². The molecule has 0 amide bonds. The molecule has 0 bridgehead atoms. The van der Waals surface area contributed by atoms with Crippen molar-refractivity contribution in [3.05, 3.63) is 0 Å². The van der Waals surface area contributed by atoms with Gasteiger partial charge in [-0.05, 0) is 30.6 Å². The van der Waals surface area contributed by atoms with Crippen LogP contribution in [0, 0.1) is 23.7 Å². The van der Waals surface area contributed by atoms with E-state index >= 15 is 0 Å². The minimum absolute atomic E-state index is 0.249. The molecule has 0 aromatic rings. The highest BCUT2D eigenvalue weighted by atomic mass is 16.5. The van der Waals surface area contributed by atoms with Gasteiger partial charge in [0.15, 0.2) is 0 Å². The van der Waals surface area contributed by atoms with E-state index in [1.54, 1.807) is 7.11 Å². The number of hydrogen-bond acceptors (Lipinski definition) is 2. The molecular formula is C18H34O2. The lowest BCUT2D eigenvalue weighted by atomic mass is 9.69. The highest BCUT2D eigenvalue weighted by Crippen LogP contribution is 2.37. The van der Waals surface area contributed by atoms with Gasteiger partial charge in [0, 0.05) is 26.1 Å². The molecule has 0 aliphatic heterocycles. The van der Waals surface area contributed by atoms with Crippen LogP contribution in [0.2, 0.25) is 0 Å². The normalized spacial score (nSPS) is 28.3. The number of carbonyl (C=O) groups excluding carboxylic acids is 1. The Balaban J connectivity index is 2.60. The van der Waals surface area contributed by atoms with E-state index < -0.39 is 0 Å². The average Bonchev–Trinajstić information content (AvgIpc) is 2.43. The number of ether oxygens (including phenoxy) is 1. The van der Waals surface area contributed by atoms with E-state index in [0.717, 1.165) is 19.4 Å². The summed E-state index contributed by atoms with van der Waals surface area (Å²) in [6, 6.07) is 0. The molecule has 0 heterocycles. The number of hydrogen-bond donors (Lipinski definition) is 0. The zero-order chi connectivity index (χ0) is 15.0. The predicted molar refractivity (Wildman–Crippen MR) is 84.8 cm³/mol. The Labute approximate surface area is 125 Å². The third-order valence-corrected chi connectivity index (χ3v) is 5.14. The number of rotatable bonds is 9. The fraction of sp³-hybridized carbons (Fsp3) is 0.944. The van der Waals surface area contributed by atoms with Crippen molar-refractivity contribution >= 4 is 5.78 Å². The molecule has 0 radical (unpaired) electrons. The molecule has 4 unspecified atom stereocenters. The Bertz CT molecular complexity index is 273. The van der Waals surface area contributed by atoms with Crippen LogP contribution >= 0.6 is 0 Å². The van der Waals surface area contributed by atoms with Crippen molar-refractivity contribution in [2.45, 2.75) is 72.1 Å². The molecule has 0 aromatic heterocycles. The Hall–Kier alpha value is -0.370. The first kappa shape index (κ1) is 17.7. The van der Waals surface area contributed by atoms with E-state index in [1.165, 1.54) is 38.5 Å². The summed E-state index contributed by atoms with van der Waals surface area (Å²) in [6.07, 6.45) is 9.28. The molecule has 0 saturated heterocycles. The highest BCUT2D eigenvalue weighted by Gasteiger charge is 2.36. The highest BCUT2D eigenvalue weighted by molar-refractivity contribution is 5.82. The SMILES string of the molecule is CCCCC(CC)CC(=O)C1C(C)CCCC1COC. The van der Waals surface area contributed by atoms with Crippen LogP contribution in [0.5, 0.6) is 0 Å². The van der Waals surface area contributed by atoms with Gasteiger partial charge in [0.25, 0.3) is 0 Å². The number of carbonyl (C=O) groups is 1. The molecule has 1 aliphatic carbocycles. The van der Waals surface area contributed by atoms with Crippen LogP contribution in [-0.2, 0) is 9.53 Å². The fourth-order valence-corrected chi connectivity index (χ4v) is 3.87. The summed E-state index contributed by atoms with van der Waals surface area (Å²) in [5.74, 6) is 2.36. The van der Waals surface area contributed by atoms with E-state index in [2.05, 4.69) is 20.8 Å². The standard InChI is InChI=1S/C18H34O2/c1-5-7-10-15(6-2)12-17(19)18-14(3)9-8-11-16(18)13-20-4/h14-16,18H,5-13H2,1-4H3. The zero-order valence-corrected chi connectivity index (χ0v) is 14.0. The van der Waals surface area contributed by atoms with E-state index in [9.17, 15) is 4.79 Å². The lowest BCUT2D eigenvalue weighted by molar-refractivity contribution is -0.129. The number of methoxy groups -OCH3 is 1. The summed E-state index contributed by atoms with van der Waals surface area (Å²) in [7, 11) is 1.76. The Morgan fingerprint density at radius 2 is 2.05 bits per heavy atom. The van der Waals surface area contributed by atoms with Gasteiger partial charge in [0.05, 0.1) is 0 Å². The van der Waals surface area contributed by atoms with E-state index in [4.69, 9.17) is 4.74 Å². The summed E-state index contributed by atoms with van der Waals surface area (Å²) >= 11 is 0. The second kappa shape index (κ2) is 9.55. The number of unbranched alkanes of at least 4 members (excludes halogenated alkanes) is 1. The second-order valence-corrected chi connectivity index (χ2v) is 6.74. The first-order valence-electron chi connectivity index (χ1n) is 8.65. The van der Waals surface area contributed by atoms with Crippen LogP contribution in [0.15, 0.2) is 0 Å². The third-order valence-electron chi connectivity index (χ3n) is 5.14. The molecule has 0 spiro atoms. The topological polar surface area (TPSA) is 26.3 Å². The Kier molecular flexibility index (Phi) is 8.44. The van der Waals surface area contributed by atoms with Gasteiger partial charge in [-0.1, -0.05) is 52.9 Å². The van der Waals surface area contributed by atoms with Gasteiger partial charge in [-0.3, -0.25) is 4.79 Å². The van der Waals surface area contributed by atoms with Crippen molar-refractivity contribution in [3.63, 3.8) is 0 Å². The van der Waals surface area contributed by atoms with Crippen LogP contribution in [0.4, 0.5) is 0 Å². The quantitative estimate of drug-likeness (QED) is 0.603. The van der Waals surface area contributed by atoms with Crippen LogP contribution in [0.3, 0.4) is 0 Å². The molecular weight excluding hydrogens is 248 g/mol. The predicted octanol–water partition coefficient (Wildman–Crippen LogP) is 4.86. The second-order valence-electron chi connectivity index (χ2n) is 6.74. The van der Waals surface area contributed by atoms with E-state index in [0.29, 0.717) is 23.5 Å². The molecule has 118 valence electrons. The maximum absolute atomic E-state index is 12.8. The molecule has 0 aromatic carbocycles. The van der Waals surface area contributed by atoms with Gasteiger partial charge >= 0.3 is 0 Å². The minimum atomic E-state index is 0.249. The first-order chi connectivity index (χ1) is 9.63. The maximum atomic E-state index is 12.8. The van der Waals surface area contributed by atoms with Gasteiger partial charge in [0.1, 0.15) is 5.78 Å². The number of ketones is 1. The van der Waals surface area contributed by atoms with Crippen molar-refractivity contribution in [2.75, 3.05) is 13.7 Å². The van der Waals surface area contributed by atoms with Crippen LogP contribution in [-0.4, -0.2) is 19.5 Å². The van der Waals surface area contributed by atoms with Gasteiger partial charge in [-0.25, -0.2) is 0 Å². The smallest absolute Gasteiger partial charge is 0.136 e. The van der Waals surface area contributed by atoms with Gasteiger partial charge in [-0.15, -0.1) is 0 Å². The maximum Gasteiger partial charge on any atom is 0.136 e. The van der Waals surface area contributed by atoms with Crippen molar-refractivity contribution in [2.24, 2.45) is 23.7 Å². The lowest BCUT2D eigenvalue weighted by Gasteiger charge is -2.36. The molecule has 4 atom stereocenters. The molecule has 1 rings (SSSR count). The van der Waals surface area contributed by atoms with Crippen molar-refractivity contribution in [1.82, 2.24) is 0 Å². The average molecular weight is 282 g/mol.